The maximum Gasteiger partial charge on any atom is 0.226 e. The summed E-state index contributed by atoms with van der Waals surface area (Å²) in [4.78, 5) is 15.9. The van der Waals surface area contributed by atoms with Crippen LogP contribution in [-0.4, -0.2) is 23.5 Å². The van der Waals surface area contributed by atoms with E-state index in [1.807, 2.05) is 26.0 Å². The molecule has 1 heterocycles. The summed E-state index contributed by atoms with van der Waals surface area (Å²) >= 11 is 0. The standard InChI is InChI=1S/C12H19N3O/c1-3-10(8-13)15-12(16)7-11-9(2)5-4-6-14-11/h4-6,10H,3,7-8,13H2,1-2H3,(H,15,16). The zero-order valence-corrected chi connectivity index (χ0v) is 9.86. The maximum absolute atomic E-state index is 11.7. The summed E-state index contributed by atoms with van der Waals surface area (Å²) in [6.45, 7) is 4.43. The van der Waals surface area contributed by atoms with Crippen LogP contribution in [-0.2, 0) is 11.2 Å². The second-order valence-electron chi connectivity index (χ2n) is 3.85. The number of nitrogens with two attached hydrogens (primary N) is 1. The number of carbonyl (C=O) groups excluding carboxylic acids is 1. The lowest BCUT2D eigenvalue weighted by atomic mass is 10.1. The molecule has 0 aromatic carbocycles. The molecule has 0 aliphatic heterocycles. The SMILES string of the molecule is CCC(CN)NC(=O)Cc1ncccc1C. The van der Waals surface area contributed by atoms with E-state index < -0.39 is 0 Å². The van der Waals surface area contributed by atoms with Crippen LogP contribution in [0.5, 0.6) is 0 Å². The van der Waals surface area contributed by atoms with Gasteiger partial charge >= 0.3 is 0 Å². The number of rotatable bonds is 5. The summed E-state index contributed by atoms with van der Waals surface area (Å²) in [5.41, 5.74) is 7.39. The summed E-state index contributed by atoms with van der Waals surface area (Å²) in [5.74, 6) is -0.0147. The third kappa shape index (κ3) is 3.62. The van der Waals surface area contributed by atoms with Crippen molar-refractivity contribution in [3.8, 4) is 0 Å². The van der Waals surface area contributed by atoms with Crippen LogP contribution in [0.2, 0.25) is 0 Å². The fourth-order valence-corrected chi connectivity index (χ4v) is 1.46. The van der Waals surface area contributed by atoms with E-state index in [-0.39, 0.29) is 11.9 Å². The third-order valence-electron chi connectivity index (χ3n) is 2.59. The molecule has 0 saturated carbocycles. The highest BCUT2D eigenvalue weighted by molar-refractivity contribution is 5.78. The van der Waals surface area contributed by atoms with Crippen LogP contribution in [0.1, 0.15) is 24.6 Å². The summed E-state index contributed by atoms with van der Waals surface area (Å²) in [5, 5.41) is 2.89. The number of hydrogen-bond acceptors (Lipinski definition) is 3. The van der Waals surface area contributed by atoms with Crippen molar-refractivity contribution in [3.05, 3.63) is 29.6 Å². The lowest BCUT2D eigenvalue weighted by Gasteiger charge is -2.14. The van der Waals surface area contributed by atoms with Crippen LogP contribution in [0.25, 0.3) is 0 Å². The number of pyridine rings is 1. The molecule has 0 bridgehead atoms. The van der Waals surface area contributed by atoms with Gasteiger partial charge in [-0.1, -0.05) is 13.0 Å². The molecule has 1 unspecified atom stereocenters. The van der Waals surface area contributed by atoms with Gasteiger partial charge in [0.1, 0.15) is 0 Å². The van der Waals surface area contributed by atoms with E-state index in [0.717, 1.165) is 17.7 Å². The number of nitrogens with one attached hydrogen (secondary N) is 1. The first-order valence-corrected chi connectivity index (χ1v) is 5.57. The Bertz CT molecular complexity index is 348. The molecule has 0 fully saturated rings. The van der Waals surface area contributed by atoms with Crippen molar-refractivity contribution in [2.75, 3.05) is 6.54 Å². The van der Waals surface area contributed by atoms with Crippen molar-refractivity contribution >= 4 is 5.91 Å². The van der Waals surface area contributed by atoms with Crippen molar-refractivity contribution in [2.45, 2.75) is 32.7 Å². The molecule has 1 aromatic rings. The molecule has 0 aliphatic rings. The van der Waals surface area contributed by atoms with Crippen molar-refractivity contribution in [1.82, 2.24) is 10.3 Å². The van der Waals surface area contributed by atoms with E-state index in [1.165, 1.54) is 0 Å². The highest BCUT2D eigenvalue weighted by Crippen LogP contribution is 2.04. The van der Waals surface area contributed by atoms with Crippen molar-refractivity contribution in [2.24, 2.45) is 5.73 Å². The van der Waals surface area contributed by atoms with Crippen LogP contribution >= 0.6 is 0 Å². The molecule has 4 nitrogen and oxygen atoms in total. The molecule has 0 saturated heterocycles. The molecule has 4 heteroatoms. The summed E-state index contributed by atoms with van der Waals surface area (Å²) in [6.07, 6.45) is 2.88. The summed E-state index contributed by atoms with van der Waals surface area (Å²) in [6, 6.07) is 3.89. The summed E-state index contributed by atoms with van der Waals surface area (Å²) < 4.78 is 0. The zero-order valence-electron chi connectivity index (χ0n) is 9.86. The predicted octanol–water partition coefficient (Wildman–Crippen LogP) is 0.786. The van der Waals surface area contributed by atoms with Crippen LogP contribution in [0.4, 0.5) is 0 Å². The number of amides is 1. The van der Waals surface area contributed by atoms with Gasteiger partial charge in [0, 0.05) is 18.8 Å². The number of hydrogen-bond donors (Lipinski definition) is 2. The zero-order chi connectivity index (χ0) is 12.0. The molecule has 1 aromatic heterocycles. The normalized spacial score (nSPS) is 12.2. The van der Waals surface area contributed by atoms with Gasteiger partial charge in [0.05, 0.1) is 12.1 Å². The van der Waals surface area contributed by atoms with Gasteiger partial charge in [0.2, 0.25) is 5.91 Å². The Labute approximate surface area is 96.3 Å². The van der Waals surface area contributed by atoms with Crippen LogP contribution < -0.4 is 11.1 Å². The van der Waals surface area contributed by atoms with Gasteiger partial charge in [-0.2, -0.15) is 0 Å². The Hall–Kier alpha value is -1.42. The van der Waals surface area contributed by atoms with Crippen LogP contribution in [0, 0.1) is 6.92 Å². The largest absolute Gasteiger partial charge is 0.352 e. The smallest absolute Gasteiger partial charge is 0.226 e. The molecule has 3 N–H and O–H groups in total. The molecule has 16 heavy (non-hydrogen) atoms. The Morgan fingerprint density at radius 1 is 1.62 bits per heavy atom. The van der Waals surface area contributed by atoms with E-state index in [4.69, 9.17) is 5.73 Å². The molecule has 1 atom stereocenters. The number of aromatic nitrogens is 1. The Balaban J connectivity index is 2.55. The van der Waals surface area contributed by atoms with Crippen molar-refractivity contribution in [3.63, 3.8) is 0 Å². The van der Waals surface area contributed by atoms with Gasteiger partial charge in [-0.05, 0) is 25.0 Å². The second-order valence-corrected chi connectivity index (χ2v) is 3.85. The van der Waals surface area contributed by atoms with Crippen molar-refractivity contribution < 1.29 is 4.79 Å². The topological polar surface area (TPSA) is 68.0 Å². The van der Waals surface area contributed by atoms with E-state index in [9.17, 15) is 4.79 Å². The lowest BCUT2D eigenvalue weighted by Crippen LogP contribution is -2.40. The van der Waals surface area contributed by atoms with Gasteiger partial charge < -0.3 is 11.1 Å². The average molecular weight is 221 g/mol. The first-order chi connectivity index (χ1) is 7.67. The van der Waals surface area contributed by atoms with Crippen LogP contribution in [0.15, 0.2) is 18.3 Å². The van der Waals surface area contributed by atoms with Gasteiger partial charge in [0.15, 0.2) is 0 Å². The van der Waals surface area contributed by atoms with Crippen LogP contribution in [0.3, 0.4) is 0 Å². The van der Waals surface area contributed by atoms with Crippen molar-refractivity contribution in [1.29, 1.82) is 0 Å². The molecule has 0 aliphatic carbocycles. The third-order valence-corrected chi connectivity index (χ3v) is 2.59. The van der Waals surface area contributed by atoms with Gasteiger partial charge in [-0.3, -0.25) is 9.78 Å². The molecular weight excluding hydrogens is 202 g/mol. The highest BCUT2D eigenvalue weighted by Gasteiger charge is 2.10. The van der Waals surface area contributed by atoms with E-state index in [0.29, 0.717) is 13.0 Å². The minimum absolute atomic E-state index is 0.0147. The van der Waals surface area contributed by atoms with Gasteiger partial charge in [-0.25, -0.2) is 0 Å². The minimum atomic E-state index is -0.0147. The Morgan fingerprint density at radius 2 is 2.38 bits per heavy atom. The highest BCUT2D eigenvalue weighted by atomic mass is 16.1. The Morgan fingerprint density at radius 3 is 2.94 bits per heavy atom. The molecule has 1 amide bonds. The fraction of sp³-hybridized carbons (Fsp3) is 0.500. The number of aryl methyl sites for hydroxylation is 1. The lowest BCUT2D eigenvalue weighted by molar-refractivity contribution is -0.121. The first kappa shape index (κ1) is 12.6. The van der Waals surface area contributed by atoms with E-state index in [1.54, 1.807) is 6.20 Å². The summed E-state index contributed by atoms with van der Waals surface area (Å²) in [7, 11) is 0. The molecule has 0 spiro atoms. The molecule has 0 radical (unpaired) electrons. The van der Waals surface area contributed by atoms with E-state index in [2.05, 4.69) is 10.3 Å². The minimum Gasteiger partial charge on any atom is -0.352 e. The fourth-order valence-electron chi connectivity index (χ4n) is 1.46. The van der Waals surface area contributed by atoms with Gasteiger partial charge in [0.25, 0.3) is 0 Å². The molecule has 88 valence electrons. The average Bonchev–Trinajstić information content (AvgIpc) is 2.29. The predicted molar refractivity (Wildman–Crippen MR) is 64.0 cm³/mol. The first-order valence-electron chi connectivity index (χ1n) is 5.57. The maximum atomic E-state index is 11.7. The van der Waals surface area contributed by atoms with E-state index >= 15 is 0 Å². The monoisotopic (exact) mass is 221 g/mol. The number of carbonyl (C=O) groups is 1. The molecule has 1 rings (SSSR count). The molecular formula is C12H19N3O. The Kier molecular flexibility index (Phi) is 4.92. The number of nitrogens with zero attached hydrogens (tertiary/aromatic N) is 1. The quantitative estimate of drug-likeness (QED) is 0.772. The second kappa shape index (κ2) is 6.23. The van der Waals surface area contributed by atoms with Gasteiger partial charge in [-0.15, -0.1) is 0 Å².